The fourth-order valence-electron chi connectivity index (χ4n) is 1.08. The van der Waals surface area contributed by atoms with Crippen molar-refractivity contribution in [2.75, 3.05) is 0 Å². The van der Waals surface area contributed by atoms with E-state index in [0.717, 1.165) is 0 Å². The summed E-state index contributed by atoms with van der Waals surface area (Å²) in [5.41, 5.74) is -1.15. The minimum atomic E-state index is -5.67. The lowest BCUT2D eigenvalue weighted by Crippen LogP contribution is -2.40. The van der Waals surface area contributed by atoms with Crippen molar-refractivity contribution in [3.63, 3.8) is 0 Å². The van der Waals surface area contributed by atoms with Crippen LogP contribution in [0.3, 0.4) is 0 Å². The molecule has 0 spiro atoms. The van der Waals surface area contributed by atoms with Gasteiger partial charge in [-0.2, -0.15) is 27.2 Å². The highest BCUT2D eigenvalue weighted by Crippen LogP contribution is 2.46. The minimum absolute atomic E-state index is 0.106. The minimum Gasteiger partial charge on any atom is -0.192 e. The third kappa shape index (κ3) is 3.06. The van der Waals surface area contributed by atoms with Crippen molar-refractivity contribution >= 4 is 22.6 Å². The van der Waals surface area contributed by atoms with E-state index in [1.165, 1.54) is 42.5 Å². The van der Waals surface area contributed by atoms with Crippen molar-refractivity contribution in [3.8, 4) is 6.07 Å². The first-order valence-electron chi connectivity index (χ1n) is 4.34. The predicted octanol–water partition coefficient (Wildman–Crippen LogP) is 4.44. The number of hydrogen-bond donors (Lipinski definition) is 0. The monoisotopic (exact) mass is 353 g/mol. The Hall–Kier alpha value is -0.390. The zero-order valence-electron chi connectivity index (χ0n) is 8.50. The Morgan fingerprint density at radius 2 is 1.75 bits per heavy atom. The zero-order valence-corrected chi connectivity index (χ0v) is 10.7. The van der Waals surface area contributed by atoms with Gasteiger partial charge in [0.1, 0.15) is 6.07 Å². The van der Waals surface area contributed by atoms with Gasteiger partial charge in [-0.05, 0) is 34.9 Å². The Labute approximate surface area is 103 Å². The molecule has 16 heavy (non-hydrogen) atoms. The average molecular weight is 353 g/mol. The van der Waals surface area contributed by atoms with Gasteiger partial charge in [-0.25, -0.2) is 0 Å². The second kappa shape index (κ2) is 5.29. The van der Waals surface area contributed by atoms with Gasteiger partial charge in [-0.3, -0.25) is 0 Å². The topological polar surface area (TPSA) is 23.8 Å². The normalized spacial score (nSPS) is 16.4. The van der Waals surface area contributed by atoms with Gasteiger partial charge in [-0.1, -0.05) is 13.8 Å². The van der Waals surface area contributed by atoms with Crippen LogP contribution in [-0.4, -0.2) is 12.1 Å². The van der Waals surface area contributed by atoms with Crippen LogP contribution in [0.25, 0.3) is 0 Å². The molecule has 0 rings (SSSR count). The number of rotatable bonds is 3. The molecule has 0 saturated carbocycles. The number of allylic oxidation sites excluding steroid dienone is 2. The zero-order chi connectivity index (χ0) is 13.1. The maximum atomic E-state index is 13.1. The molecule has 0 radical (unpaired) electrons. The first-order chi connectivity index (χ1) is 7.09. The average Bonchev–Trinajstić information content (AvgIpc) is 2.15. The molecule has 0 N–H and O–H groups in total. The molecule has 0 aromatic carbocycles. The van der Waals surface area contributed by atoms with Crippen LogP contribution in [0.5, 0.6) is 0 Å². The molecule has 0 aliphatic heterocycles. The summed E-state index contributed by atoms with van der Waals surface area (Å²) in [4.78, 5) is 0. The van der Waals surface area contributed by atoms with Gasteiger partial charge in [-0.15, -0.1) is 0 Å². The van der Waals surface area contributed by atoms with Crippen LogP contribution in [0.2, 0.25) is 0 Å². The lowest BCUT2D eigenvalue weighted by molar-refractivity contribution is -0.266. The fraction of sp³-hybridized carbons (Fsp3) is 0.667. The van der Waals surface area contributed by atoms with Crippen molar-refractivity contribution in [2.24, 2.45) is 5.92 Å². The number of nitriles is 1. The second-order valence-corrected chi connectivity index (χ2v) is 4.30. The Bertz CT molecular complexity index is 326. The molecule has 1 atom stereocenters. The molecule has 0 aromatic rings. The van der Waals surface area contributed by atoms with Crippen LogP contribution >= 0.6 is 22.6 Å². The molecule has 7 heteroatoms. The van der Waals surface area contributed by atoms with Crippen LogP contribution in [0, 0.1) is 17.2 Å². The van der Waals surface area contributed by atoms with Gasteiger partial charge in [0.25, 0.3) is 0 Å². The fourth-order valence-corrected chi connectivity index (χ4v) is 1.95. The molecule has 0 aliphatic rings. The second-order valence-electron chi connectivity index (χ2n) is 3.22. The summed E-state index contributed by atoms with van der Waals surface area (Å²) < 4.78 is 62.2. The van der Waals surface area contributed by atoms with Crippen molar-refractivity contribution in [1.29, 1.82) is 5.26 Å². The molecule has 92 valence electrons. The Morgan fingerprint density at radius 1 is 1.31 bits per heavy atom. The first kappa shape index (κ1) is 15.6. The van der Waals surface area contributed by atoms with E-state index in [1.807, 2.05) is 0 Å². The molecule has 0 amide bonds. The largest absolute Gasteiger partial charge is 0.457 e. The van der Waals surface area contributed by atoms with E-state index in [0.29, 0.717) is 0 Å². The van der Waals surface area contributed by atoms with Crippen LogP contribution in [0.4, 0.5) is 22.0 Å². The SMILES string of the molecule is CCC(C)/C(=C(\I)C#N)C(F)(F)C(F)(F)F. The van der Waals surface area contributed by atoms with Crippen LogP contribution in [0.15, 0.2) is 9.15 Å². The number of alkyl halides is 5. The van der Waals surface area contributed by atoms with E-state index in [-0.39, 0.29) is 6.42 Å². The molecule has 1 nitrogen and oxygen atoms in total. The molecular weight excluding hydrogens is 344 g/mol. The lowest BCUT2D eigenvalue weighted by Gasteiger charge is -2.26. The summed E-state index contributed by atoms with van der Waals surface area (Å²) in [5.74, 6) is -5.95. The van der Waals surface area contributed by atoms with Crippen LogP contribution in [-0.2, 0) is 0 Å². The van der Waals surface area contributed by atoms with Crippen LogP contribution < -0.4 is 0 Å². The van der Waals surface area contributed by atoms with Gasteiger partial charge >= 0.3 is 12.1 Å². The van der Waals surface area contributed by atoms with E-state index in [9.17, 15) is 22.0 Å². The Morgan fingerprint density at radius 3 is 2.00 bits per heavy atom. The summed E-state index contributed by atoms with van der Waals surface area (Å²) in [7, 11) is 0. The third-order valence-electron chi connectivity index (χ3n) is 2.13. The third-order valence-corrected chi connectivity index (χ3v) is 2.96. The molecule has 0 heterocycles. The maximum absolute atomic E-state index is 13.1. The standard InChI is InChI=1S/C9H9F5IN/c1-3-5(2)7(6(15)4-16)8(10,11)9(12,13)14/h5H,3H2,1-2H3/b7-6+. The van der Waals surface area contributed by atoms with Gasteiger partial charge < -0.3 is 0 Å². The smallest absolute Gasteiger partial charge is 0.192 e. The molecule has 0 bridgehead atoms. The number of halogens is 6. The summed E-state index contributed by atoms with van der Waals surface area (Å²) in [6, 6.07) is 1.34. The Kier molecular flexibility index (Phi) is 5.16. The highest BCUT2D eigenvalue weighted by molar-refractivity contribution is 14.1. The van der Waals surface area contributed by atoms with E-state index < -0.39 is 27.2 Å². The highest BCUT2D eigenvalue weighted by atomic mass is 127. The lowest BCUT2D eigenvalue weighted by atomic mass is 9.92. The maximum Gasteiger partial charge on any atom is 0.457 e. The quantitative estimate of drug-likeness (QED) is 0.418. The van der Waals surface area contributed by atoms with Crippen molar-refractivity contribution in [3.05, 3.63) is 9.15 Å². The number of hydrogen-bond acceptors (Lipinski definition) is 1. The summed E-state index contributed by atoms with van der Waals surface area (Å²) in [6.07, 6.45) is -5.56. The first-order valence-corrected chi connectivity index (χ1v) is 5.42. The van der Waals surface area contributed by atoms with E-state index >= 15 is 0 Å². The summed E-state index contributed by atoms with van der Waals surface area (Å²) in [6.45, 7) is 2.73. The van der Waals surface area contributed by atoms with E-state index in [4.69, 9.17) is 5.26 Å². The van der Waals surface area contributed by atoms with E-state index in [1.54, 1.807) is 0 Å². The molecule has 1 unspecified atom stereocenters. The van der Waals surface area contributed by atoms with Crippen molar-refractivity contribution < 1.29 is 22.0 Å². The summed E-state index contributed by atoms with van der Waals surface area (Å²) >= 11 is 1.21. The molecule has 0 aliphatic carbocycles. The molecule has 0 fully saturated rings. The van der Waals surface area contributed by atoms with Gasteiger partial charge in [0.05, 0.1) is 3.58 Å². The highest BCUT2D eigenvalue weighted by Gasteiger charge is 2.61. The van der Waals surface area contributed by atoms with Crippen LogP contribution in [0.1, 0.15) is 20.3 Å². The van der Waals surface area contributed by atoms with Gasteiger partial charge in [0.2, 0.25) is 0 Å². The van der Waals surface area contributed by atoms with E-state index in [2.05, 4.69) is 0 Å². The summed E-state index contributed by atoms with van der Waals surface area (Å²) in [5, 5.41) is 8.46. The van der Waals surface area contributed by atoms with Crippen molar-refractivity contribution in [2.45, 2.75) is 32.4 Å². The molecule has 0 saturated heterocycles. The molecule has 0 aromatic heterocycles. The molecular formula is C9H9F5IN. The number of nitrogens with zero attached hydrogens (tertiary/aromatic N) is 1. The van der Waals surface area contributed by atoms with Crippen molar-refractivity contribution in [1.82, 2.24) is 0 Å². The van der Waals surface area contributed by atoms with Gasteiger partial charge in [0.15, 0.2) is 0 Å². The predicted molar refractivity (Wildman–Crippen MR) is 57.1 cm³/mol. The van der Waals surface area contributed by atoms with Gasteiger partial charge in [0, 0.05) is 5.57 Å². The Balaban J connectivity index is 5.67.